The van der Waals surface area contributed by atoms with Gasteiger partial charge in [-0.05, 0) is 31.0 Å². The number of nitrogens with one attached hydrogen (secondary N) is 2. The van der Waals surface area contributed by atoms with Crippen LogP contribution in [0.1, 0.15) is 24.7 Å². The fourth-order valence-corrected chi connectivity index (χ4v) is 2.31. The molecule has 3 aromatic rings. The van der Waals surface area contributed by atoms with Crippen molar-refractivity contribution in [2.45, 2.75) is 18.8 Å². The molecule has 1 saturated carbocycles. The molecule has 0 saturated heterocycles. The van der Waals surface area contributed by atoms with E-state index in [-0.39, 0.29) is 6.03 Å². The van der Waals surface area contributed by atoms with Crippen LogP contribution in [0.4, 0.5) is 16.2 Å². The van der Waals surface area contributed by atoms with Crippen molar-refractivity contribution in [3.8, 4) is 0 Å². The predicted octanol–water partition coefficient (Wildman–Crippen LogP) is 3.08. The number of amides is 2. The lowest BCUT2D eigenvalue weighted by Gasteiger charge is -2.05. The first-order chi connectivity index (χ1) is 10.7. The lowest BCUT2D eigenvalue weighted by Crippen LogP contribution is -2.19. The van der Waals surface area contributed by atoms with Gasteiger partial charge in [-0.3, -0.25) is 4.68 Å². The Hall–Kier alpha value is -2.83. The Morgan fingerprint density at radius 2 is 2.14 bits per heavy atom. The van der Waals surface area contributed by atoms with E-state index in [2.05, 4.69) is 20.7 Å². The number of urea groups is 1. The van der Waals surface area contributed by atoms with Crippen LogP contribution in [0.5, 0.6) is 0 Å². The van der Waals surface area contributed by atoms with E-state index >= 15 is 0 Å². The standard InChI is InChI=1S/C15H15N5O2/c1-20-8-11(7-16-20)18-15(21)17-10-4-5-13-12(6-10)19-14(22-13)9-2-3-9/h4-9H,2-3H2,1H3,(H2,17,18,21). The summed E-state index contributed by atoms with van der Waals surface area (Å²) in [7, 11) is 1.79. The predicted molar refractivity (Wildman–Crippen MR) is 81.8 cm³/mol. The molecule has 4 rings (SSSR count). The van der Waals surface area contributed by atoms with Gasteiger partial charge in [0, 0.05) is 24.8 Å². The van der Waals surface area contributed by atoms with Gasteiger partial charge in [-0.2, -0.15) is 5.10 Å². The third-order valence-corrected chi connectivity index (χ3v) is 3.55. The number of anilines is 2. The van der Waals surface area contributed by atoms with Gasteiger partial charge in [-0.15, -0.1) is 0 Å². The second-order valence-corrected chi connectivity index (χ2v) is 5.49. The minimum atomic E-state index is -0.321. The normalized spacial score (nSPS) is 14.2. The molecule has 1 aromatic carbocycles. The Kier molecular flexibility index (Phi) is 2.85. The Morgan fingerprint density at radius 1 is 1.32 bits per heavy atom. The molecule has 1 aliphatic carbocycles. The number of benzene rings is 1. The second kappa shape index (κ2) is 4.87. The van der Waals surface area contributed by atoms with Gasteiger partial charge < -0.3 is 15.1 Å². The van der Waals surface area contributed by atoms with Gasteiger partial charge in [-0.1, -0.05) is 0 Å². The van der Waals surface area contributed by atoms with Crippen LogP contribution < -0.4 is 10.6 Å². The molecule has 2 amide bonds. The van der Waals surface area contributed by atoms with Crippen LogP contribution in [0.2, 0.25) is 0 Å². The van der Waals surface area contributed by atoms with Gasteiger partial charge in [0.25, 0.3) is 0 Å². The van der Waals surface area contributed by atoms with Crippen molar-refractivity contribution in [2.24, 2.45) is 7.05 Å². The van der Waals surface area contributed by atoms with Crippen LogP contribution in [0.15, 0.2) is 35.0 Å². The van der Waals surface area contributed by atoms with Crippen LogP contribution in [0.25, 0.3) is 11.1 Å². The minimum Gasteiger partial charge on any atom is -0.440 e. The number of hydrogen-bond acceptors (Lipinski definition) is 4. The second-order valence-electron chi connectivity index (χ2n) is 5.49. The number of hydrogen-bond donors (Lipinski definition) is 2. The van der Waals surface area contributed by atoms with Gasteiger partial charge >= 0.3 is 6.03 Å². The first kappa shape index (κ1) is 12.9. The third kappa shape index (κ3) is 2.52. The van der Waals surface area contributed by atoms with Crippen molar-refractivity contribution in [3.05, 3.63) is 36.5 Å². The van der Waals surface area contributed by atoms with E-state index in [1.54, 1.807) is 30.2 Å². The SMILES string of the molecule is Cn1cc(NC(=O)Nc2ccc3oc(C4CC4)nc3c2)cn1. The molecule has 1 fully saturated rings. The van der Waals surface area contributed by atoms with E-state index < -0.39 is 0 Å². The zero-order chi connectivity index (χ0) is 15.1. The number of carbonyl (C=O) groups excluding carboxylic acids is 1. The molecular formula is C15H15N5O2. The number of aromatic nitrogens is 3. The number of nitrogens with zero attached hydrogens (tertiary/aromatic N) is 3. The van der Waals surface area contributed by atoms with Crippen molar-refractivity contribution >= 4 is 28.5 Å². The van der Waals surface area contributed by atoms with Crippen LogP contribution in [0.3, 0.4) is 0 Å². The van der Waals surface area contributed by atoms with E-state index in [4.69, 9.17) is 4.42 Å². The maximum absolute atomic E-state index is 11.9. The molecular weight excluding hydrogens is 282 g/mol. The average Bonchev–Trinajstić information content (AvgIpc) is 3.13. The lowest BCUT2D eigenvalue weighted by atomic mass is 10.3. The fourth-order valence-electron chi connectivity index (χ4n) is 2.31. The Labute approximate surface area is 126 Å². The quantitative estimate of drug-likeness (QED) is 0.778. The molecule has 22 heavy (non-hydrogen) atoms. The van der Waals surface area contributed by atoms with Crippen molar-refractivity contribution in [3.63, 3.8) is 0 Å². The van der Waals surface area contributed by atoms with Crippen molar-refractivity contribution in [2.75, 3.05) is 10.6 Å². The first-order valence-electron chi connectivity index (χ1n) is 7.14. The summed E-state index contributed by atoms with van der Waals surface area (Å²) in [4.78, 5) is 16.4. The number of carbonyl (C=O) groups is 1. The largest absolute Gasteiger partial charge is 0.440 e. The molecule has 0 aliphatic heterocycles. The molecule has 0 bridgehead atoms. The molecule has 2 N–H and O–H groups in total. The fraction of sp³-hybridized carbons (Fsp3) is 0.267. The maximum Gasteiger partial charge on any atom is 0.323 e. The van der Waals surface area contributed by atoms with Crippen molar-refractivity contribution < 1.29 is 9.21 Å². The summed E-state index contributed by atoms with van der Waals surface area (Å²) in [6.07, 6.45) is 5.60. The highest BCUT2D eigenvalue weighted by Gasteiger charge is 2.28. The van der Waals surface area contributed by atoms with Crippen LogP contribution in [-0.4, -0.2) is 20.8 Å². The average molecular weight is 297 g/mol. The van der Waals surface area contributed by atoms with E-state index in [1.165, 1.54) is 0 Å². The third-order valence-electron chi connectivity index (χ3n) is 3.55. The lowest BCUT2D eigenvalue weighted by molar-refractivity contribution is 0.262. The summed E-state index contributed by atoms with van der Waals surface area (Å²) >= 11 is 0. The number of aryl methyl sites for hydroxylation is 1. The monoisotopic (exact) mass is 297 g/mol. The van der Waals surface area contributed by atoms with Gasteiger partial charge in [-0.25, -0.2) is 9.78 Å². The molecule has 0 radical (unpaired) electrons. The van der Waals surface area contributed by atoms with Crippen molar-refractivity contribution in [1.82, 2.24) is 14.8 Å². The Bertz CT molecular complexity index is 847. The van der Waals surface area contributed by atoms with Gasteiger partial charge in [0.15, 0.2) is 11.5 Å². The Morgan fingerprint density at radius 3 is 2.86 bits per heavy atom. The molecule has 1 aliphatic rings. The highest BCUT2D eigenvalue weighted by molar-refractivity contribution is 6.00. The van der Waals surface area contributed by atoms with Gasteiger partial charge in [0.2, 0.25) is 0 Å². The Balaban J connectivity index is 1.49. The maximum atomic E-state index is 11.9. The summed E-state index contributed by atoms with van der Waals surface area (Å²) in [5.74, 6) is 1.27. The summed E-state index contributed by atoms with van der Waals surface area (Å²) in [5.41, 5.74) is 2.82. The summed E-state index contributed by atoms with van der Waals surface area (Å²) < 4.78 is 7.32. The van der Waals surface area contributed by atoms with Gasteiger partial charge in [0.05, 0.1) is 11.9 Å². The number of rotatable bonds is 3. The highest BCUT2D eigenvalue weighted by atomic mass is 16.3. The zero-order valence-corrected chi connectivity index (χ0v) is 12.0. The molecule has 0 atom stereocenters. The van der Waals surface area contributed by atoms with E-state index in [1.807, 2.05) is 12.1 Å². The summed E-state index contributed by atoms with van der Waals surface area (Å²) in [6, 6.07) is 5.12. The minimum absolute atomic E-state index is 0.321. The summed E-state index contributed by atoms with van der Waals surface area (Å²) in [6.45, 7) is 0. The highest BCUT2D eigenvalue weighted by Crippen LogP contribution is 2.40. The molecule has 0 spiro atoms. The molecule has 2 aromatic heterocycles. The van der Waals surface area contributed by atoms with Crippen LogP contribution in [-0.2, 0) is 7.05 Å². The number of oxazole rings is 1. The van der Waals surface area contributed by atoms with Gasteiger partial charge in [0.1, 0.15) is 5.52 Å². The van der Waals surface area contributed by atoms with Crippen LogP contribution in [0, 0.1) is 0 Å². The topological polar surface area (TPSA) is 85.0 Å². The van der Waals surface area contributed by atoms with Crippen LogP contribution >= 0.6 is 0 Å². The number of fused-ring (bicyclic) bond motifs is 1. The molecule has 2 heterocycles. The van der Waals surface area contributed by atoms with Crippen molar-refractivity contribution in [1.29, 1.82) is 0 Å². The molecule has 7 nitrogen and oxygen atoms in total. The smallest absolute Gasteiger partial charge is 0.323 e. The van der Waals surface area contributed by atoms with E-state index in [0.717, 1.165) is 29.8 Å². The zero-order valence-electron chi connectivity index (χ0n) is 12.0. The van der Waals surface area contributed by atoms with E-state index in [9.17, 15) is 4.79 Å². The van der Waals surface area contributed by atoms with E-state index in [0.29, 0.717) is 17.3 Å². The molecule has 7 heteroatoms. The first-order valence-corrected chi connectivity index (χ1v) is 7.14. The molecule has 0 unspecified atom stereocenters. The summed E-state index contributed by atoms with van der Waals surface area (Å²) in [5, 5.41) is 9.49. The molecule has 112 valence electrons.